The molecule has 0 aliphatic heterocycles. The van der Waals surface area contributed by atoms with E-state index in [2.05, 4.69) is 31.9 Å². The Morgan fingerprint density at radius 3 is 2.48 bits per heavy atom. The third kappa shape index (κ3) is 4.22. The molecule has 0 fully saturated rings. The van der Waals surface area contributed by atoms with Crippen molar-refractivity contribution in [2.75, 3.05) is 7.11 Å². The first-order chi connectivity index (χ1) is 10.0. The first-order valence-corrected chi connectivity index (χ1v) is 8.02. The minimum atomic E-state index is -0.573. The van der Waals surface area contributed by atoms with Crippen LogP contribution in [0.3, 0.4) is 0 Å². The second-order valence-corrected chi connectivity index (χ2v) is 6.39. The Labute approximate surface area is 141 Å². The second kappa shape index (κ2) is 7.29. The van der Waals surface area contributed by atoms with E-state index in [0.717, 1.165) is 25.8 Å². The number of hydrogen-bond acceptors (Lipinski definition) is 3. The van der Waals surface area contributed by atoms with Crippen molar-refractivity contribution in [1.82, 2.24) is 0 Å². The van der Waals surface area contributed by atoms with Crippen molar-refractivity contribution in [2.45, 2.75) is 19.6 Å². The molecule has 2 aromatic rings. The van der Waals surface area contributed by atoms with Gasteiger partial charge in [0, 0.05) is 10.0 Å². The van der Waals surface area contributed by atoms with Gasteiger partial charge < -0.3 is 14.6 Å². The fraction of sp³-hybridized carbons (Fsp3) is 0.250. The van der Waals surface area contributed by atoms with Gasteiger partial charge in [-0.2, -0.15) is 0 Å². The zero-order valence-corrected chi connectivity index (χ0v) is 14.9. The van der Waals surface area contributed by atoms with Crippen molar-refractivity contribution in [2.24, 2.45) is 0 Å². The van der Waals surface area contributed by atoms with Gasteiger partial charge in [-0.05, 0) is 52.7 Å². The standard InChI is InChI=1S/C16H16Br2O3/c1-10(19)13-5-4-12(17)8-16(13)21-9-11-3-6-15(20-2)14(18)7-11/h3-8,10,19H,9H2,1-2H3/t10-/m0/s1. The molecule has 2 rings (SSSR count). The Morgan fingerprint density at radius 1 is 1.10 bits per heavy atom. The summed E-state index contributed by atoms with van der Waals surface area (Å²) in [5.74, 6) is 1.46. The molecule has 0 radical (unpaired) electrons. The van der Waals surface area contributed by atoms with E-state index in [1.54, 1.807) is 14.0 Å². The lowest BCUT2D eigenvalue weighted by Gasteiger charge is -2.14. The molecular weight excluding hydrogens is 400 g/mol. The molecule has 5 heteroatoms. The lowest BCUT2D eigenvalue weighted by molar-refractivity contribution is 0.190. The van der Waals surface area contributed by atoms with Gasteiger partial charge in [-0.25, -0.2) is 0 Å². The highest BCUT2D eigenvalue weighted by atomic mass is 79.9. The molecule has 112 valence electrons. The summed E-state index contributed by atoms with van der Waals surface area (Å²) in [6, 6.07) is 11.4. The van der Waals surface area contributed by atoms with E-state index < -0.39 is 6.10 Å². The van der Waals surface area contributed by atoms with Crippen LogP contribution in [0.2, 0.25) is 0 Å². The van der Waals surface area contributed by atoms with Crippen LogP contribution in [0.1, 0.15) is 24.2 Å². The van der Waals surface area contributed by atoms with Crippen molar-refractivity contribution in [3.05, 3.63) is 56.5 Å². The van der Waals surface area contributed by atoms with E-state index in [1.807, 2.05) is 36.4 Å². The van der Waals surface area contributed by atoms with Crippen molar-refractivity contribution in [3.63, 3.8) is 0 Å². The van der Waals surface area contributed by atoms with Crippen LogP contribution in [-0.2, 0) is 6.61 Å². The lowest BCUT2D eigenvalue weighted by Crippen LogP contribution is -2.01. The molecule has 0 aromatic heterocycles. The number of aliphatic hydroxyl groups excluding tert-OH is 1. The van der Waals surface area contributed by atoms with Gasteiger partial charge in [0.15, 0.2) is 0 Å². The maximum atomic E-state index is 9.79. The summed E-state index contributed by atoms with van der Waals surface area (Å²) in [5, 5.41) is 9.79. The lowest BCUT2D eigenvalue weighted by atomic mass is 10.1. The van der Waals surface area contributed by atoms with Gasteiger partial charge in [-0.3, -0.25) is 0 Å². The van der Waals surface area contributed by atoms with Crippen LogP contribution in [-0.4, -0.2) is 12.2 Å². The van der Waals surface area contributed by atoms with E-state index >= 15 is 0 Å². The summed E-state index contributed by atoms with van der Waals surface area (Å²) in [7, 11) is 1.63. The molecule has 0 spiro atoms. The van der Waals surface area contributed by atoms with Gasteiger partial charge in [-0.15, -0.1) is 0 Å². The second-order valence-electron chi connectivity index (χ2n) is 4.62. The largest absolute Gasteiger partial charge is 0.496 e. The molecule has 0 saturated heterocycles. The van der Waals surface area contributed by atoms with E-state index in [-0.39, 0.29) is 0 Å². The van der Waals surface area contributed by atoms with Gasteiger partial charge >= 0.3 is 0 Å². The maximum absolute atomic E-state index is 9.79. The number of methoxy groups -OCH3 is 1. The zero-order valence-electron chi connectivity index (χ0n) is 11.8. The van der Waals surface area contributed by atoms with Crippen LogP contribution in [0.4, 0.5) is 0 Å². The first-order valence-electron chi connectivity index (χ1n) is 6.44. The number of halogens is 2. The highest BCUT2D eigenvalue weighted by Crippen LogP contribution is 2.30. The monoisotopic (exact) mass is 414 g/mol. The normalized spacial score (nSPS) is 12.0. The van der Waals surface area contributed by atoms with Gasteiger partial charge in [0.1, 0.15) is 18.1 Å². The average molecular weight is 416 g/mol. The van der Waals surface area contributed by atoms with Crippen LogP contribution < -0.4 is 9.47 Å². The third-order valence-corrected chi connectivity index (χ3v) is 4.15. The number of hydrogen-bond donors (Lipinski definition) is 1. The number of rotatable bonds is 5. The molecule has 0 aliphatic rings. The van der Waals surface area contributed by atoms with Crippen LogP contribution in [0.15, 0.2) is 45.3 Å². The Morgan fingerprint density at radius 2 is 1.86 bits per heavy atom. The molecule has 1 atom stereocenters. The molecule has 0 aliphatic carbocycles. The van der Waals surface area contributed by atoms with Crippen molar-refractivity contribution in [1.29, 1.82) is 0 Å². The van der Waals surface area contributed by atoms with E-state index in [0.29, 0.717) is 12.4 Å². The van der Waals surface area contributed by atoms with Crippen LogP contribution in [0.25, 0.3) is 0 Å². The van der Waals surface area contributed by atoms with Gasteiger partial charge in [0.2, 0.25) is 0 Å². The Hall–Kier alpha value is -1.04. The summed E-state index contributed by atoms with van der Waals surface area (Å²) in [4.78, 5) is 0. The highest BCUT2D eigenvalue weighted by molar-refractivity contribution is 9.10. The Balaban J connectivity index is 2.16. The van der Waals surface area contributed by atoms with Crippen molar-refractivity contribution < 1.29 is 14.6 Å². The molecular formula is C16H16Br2O3. The summed E-state index contributed by atoms with van der Waals surface area (Å²) in [6.07, 6.45) is -0.573. The average Bonchev–Trinajstić information content (AvgIpc) is 2.45. The predicted octanol–water partition coefficient (Wildman–Crippen LogP) is 4.85. The molecule has 21 heavy (non-hydrogen) atoms. The zero-order chi connectivity index (χ0) is 15.4. The predicted molar refractivity (Wildman–Crippen MR) is 89.8 cm³/mol. The van der Waals surface area contributed by atoms with E-state index in [1.165, 1.54) is 0 Å². The van der Waals surface area contributed by atoms with Crippen LogP contribution >= 0.6 is 31.9 Å². The summed E-state index contributed by atoms with van der Waals surface area (Å²) in [5.41, 5.74) is 1.78. The van der Waals surface area contributed by atoms with Crippen LogP contribution in [0.5, 0.6) is 11.5 Å². The minimum absolute atomic E-state index is 0.415. The molecule has 0 heterocycles. The molecule has 0 unspecified atom stereocenters. The molecule has 0 bridgehead atoms. The fourth-order valence-electron chi connectivity index (χ4n) is 1.94. The number of aliphatic hydroxyl groups is 1. The Bertz CT molecular complexity index is 627. The van der Waals surface area contributed by atoms with E-state index in [4.69, 9.17) is 9.47 Å². The first kappa shape index (κ1) is 16.3. The topological polar surface area (TPSA) is 38.7 Å². The van der Waals surface area contributed by atoms with Gasteiger partial charge in [-0.1, -0.05) is 28.1 Å². The van der Waals surface area contributed by atoms with Gasteiger partial charge in [0.25, 0.3) is 0 Å². The molecule has 0 saturated carbocycles. The smallest absolute Gasteiger partial charge is 0.133 e. The van der Waals surface area contributed by atoms with E-state index in [9.17, 15) is 5.11 Å². The molecule has 3 nitrogen and oxygen atoms in total. The third-order valence-electron chi connectivity index (χ3n) is 3.04. The highest BCUT2D eigenvalue weighted by Gasteiger charge is 2.10. The SMILES string of the molecule is COc1ccc(COc2cc(Br)ccc2[C@H](C)O)cc1Br. The Kier molecular flexibility index (Phi) is 5.67. The van der Waals surface area contributed by atoms with Crippen molar-refractivity contribution >= 4 is 31.9 Å². The quantitative estimate of drug-likeness (QED) is 0.758. The summed E-state index contributed by atoms with van der Waals surface area (Å²) >= 11 is 6.87. The number of ether oxygens (including phenoxy) is 2. The molecule has 2 aromatic carbocycles. The van der Waals surface area contributed by atoms with Crippen LogP contribution in [0, 0.1) is 0 Å². The summed E-state index contributed by atoms with van der Waals surface area (Å²) in [6.45, 7) is 2.14. The summed E-state index contributed by atoms with van der Waals surface area (Å²) < 4.78 is 12.8. The molecule has 0 amide bonds. The molecule has 1 N–H and O–H groups in total. The van der Waals surface area contributed by atoms with Crippen molar-refractivity contribution in [3.8, 4) is 11.5 Å². The van der Waals surface area contributed by atoms with Gasteiger partial charge in [0.05, 0.1) is 17.7 Å². The minimum Gasteiger partial charge on any atom is -0.496 e. The maximum Gasteiger partial charge on any atom is 0.133 e. The number of benzene rings is 2. The fourth-order valence-corrected chi connectivity index (χ4v) is 2.87.